The molecule has 0 unspecified atom stereocenters. The number of amides is 1. The smallest absolute Gasteiger partial charge is 0.257 e. The third kappa shape index (κ3) is 4.41. The Labute approximate surface area is 145 Å². The molecule has 0 heterocycles. The molecule has 0 fully saturated rings. The number of nitrogens with one attached hydrogen (secondary N) is 2. The monoisotopic (exact) mass is 402 g/mol. The van der Waals surface area contributed by atoms with Crippen LogP contribution in [0.2, 0.25) is 10.0 Å². The van der Waals surface area contributed by atoms with E-state index in [2.05, 4.69) is 26.6 Å². The molecule has 0 aliphatic carbocycles. The van der Waals surface area contributed by atoms with Crippen LogP contribution in [0.1, 0.15) is 10.4 Å². The Morgan fingerprint density at radius 2 is 1.71 bits per heavy atom. The van der Waals surface area contributed by atoms with Crippen LogP contribution in [0.25, 0.3) is 0 Å². The minimum Gasteiger partial charge on any atom is -0.330 e. The van der Waals surface area contributed by atoms with Crippen LogP contribution in [0.15, 0.2) is 46.9 Å². The van der Waals surface area contributed by atoms with Gasteiger partial charge in [0, 0.05) is 10.0 Å². The van der Waals surface area contributed by atoms with Crippen LogP contribution >= 0.6 is 51.3 Å². The van der Waals surface area contributed by atoms with Crippen molar-refractivity contribution in [3.05, 3.63) is 62.5 Å². The highest BCUT2D eigenvalue weighted by Crippen LogP contribution is 2.29. The Balaban J connectivity index is 2.07. The fourth-order valence-corrected chi connectivity index (χ4v) is 2.65. The van der Waals surface area contributed by atoms with Crippen LogP contribution in [0.4, 0.5) is 5.69 Å². The van der Waals surface area contributed by atoms with Crippen LogP contribution in [0.5, 0.6) is 0 Å². The van der Waals surface area contributed by atoms with E-state index in [1.807, 2.05) is 6.07 Å². The van der Waals surface area contributed by atoms with E-state index in [9.17, 15) is 4.79 Å². The molecule has 0 atom stereocenters. The number of benzene rings is 2. The molecular formula is C14H9BrCl2N2OS. The van der Waals surface area contributed by atoms with Gasteiger partial charge in [-0.3, -0.25) is 10.1 Å². The Kier molecular flexibility index (Phi) is 5.58. The first-order valence-corrected chi connectivity index (χ1v) is 7.75. The average molecular weight is 404 g/mol. The topological polar surface area (TPSA) is 41.1 Å². The summed E-state index contributed by atoms with van der Waals surface area (Å²) in [4.78, 5) is 12.0. The molecule has 0 aliphatic heterocycles. The molecule has 1 amide bonds. The standard InChI is InChI=1S/C14H9BrCl2N2OS/c15-9-4-1-3-8(7-9)13(20)19-14(21)18-12-10(16)5-2-6-11(12)17/h1-7H,(H2,18,19,20,21). The van der Waals surface area contributed by atoms with Gasteiger partial charge in [0.25, 0.3) is 5.91 Å². The highest BCUT2D eigenvalue weighted by Gasteiger charge is 2.11. The zero-order valence-corrected chi connectivity index (χ0v) is 14.4. The van der Waals surface area contributed by atoms with Crippen molar-refractivity contribution in [1.29, 1.82) is 0 Å². The average Bonchev–Trinajstić information content (AvgIpc) is 2.43. The largest absolute Gasteiger partial charge is 0.330 e. The Morgan fingerprint density at radius 1 is 1.10 bits per heavy atom. The van der Waals surface area contributed by atoms with Gasteiger partial charge in [-0.05, 0) is 42.5 Å². The maximum atomic E-state index is 12.0. The van der Waals surface area contributed by atoms with Crippen molar-refractivity contribution in [2.45, 2.75) is 0 Å². The van der Waals surface area contributed by atoms with Crippen LogP contribution < -0.4 is 10.6 Å². The third-order valence-electron chi connectivity index (χ3n) is 2.52. The molecule has 108 valence electrons. The summed E-state index contributed by atoms with van der Waals surface area (Å²) in [7, 11) is 0. The summed E-state index contributed by atoms with van der Waals surface area (Å²) in [6, 6.07) is 12.0. The second kappa shape index (κ2) is 7.22. The van der Waals surface area contributed by atoms with E-state index in [4.69, 9.17) is 35.4 Å². The fourth-order valence-electron chi connectivity index (χ4n) is 1.57. The van der Waals surface area contributed by atoms with E-state index < -0.39 is 0 Å². The number of thiocarbonyl (C=S) groups is 1. The molecule has 0 aromatic heterocycles. The van der Waals surface area contributed by atoms with Gasteiger partial charge in [0.2, 0.25) is 0 Å². The van der Waals surface area contributed by atoms with Gasteiger partial charge in [0.05, 0.1) is 15.7 Å². The molecular weight excluding hydrogens is 395 g/mol. The molecule has 7 heteroatoms. The lowest BCUT2D eigenvalue weighted by molar-refractivity contribution is 0.0977. The molecule has 0 saturated heterocycles. The minimum atomic E-state index is -0.322. The van der Waals surface area contributed by atoms with E-state index in [1.165, 1.54) is 0 Å². The van der Waals surface area contributed by atoms with E-state index in [0.29, 0.717) is 21.3 Å². The minimum absolute atomic E-state index is 0.120. The van der Waals surface area contributed by atoms with Crippen molar-refractivity contribution in [2.24, 2.45) is 0 Å². The third-order valence-corrected chi connectivity index (χ3v) is 3.84. The molecule has 2 aromatic rings. The first-order valence-electron chi connectivity index (χ1n) is 5.79. The summed E-state index contributed by atoms with van der Waals surface area (Å²) >= 11 is 20.4. The van der Waals surface area contributed by atoms with Crippen molar-refractivity contribution in [3.8, 4) is 0 Å². The molecule has 0 bridgehead atoms. The van der Waals surface area contributed by atoms with Gasteiger partial charge in [-0.15, -0.1) is 0 Å². The SMILES string of the molecule is O=C(NC(=S)Nc1c(Cl)cccc1Cl)c1cccc(Br)c1. The number of para-hydroxylation sites is 1. The van der Waals surface area contributed by atoms with E-state index in [0.717, 1.165) is 4.47 Å². The maximum Gasteiger partial charge on any atom is 0.257 e. The fraction of sp³-hybridized carbons (Fsp3) is 0. The molecule has 0 saturated carbocycles. The van der Waals surface area contributed by atoms with Gasteiger partial charge in [-0.25, -0.2) is 0 Å². The van der Waals surface area contributed by atoms with E-state index >= 15 is 0 Å². The number of carbonyl (C=O) groups excluding carboxylic acids is 1. The normalized spacial score (nSPS) is 10.0. The van der Waals surface area contributed by atoms with E-state index in [1.54, 1.807) is 36.4 Å². The van der Waals surface area contributed by atoms with Crippen molar-refractivity contribution in [3.63, 3.8) is 0 Å². The number of hydrogen-bond donors (Lipinski definition) is 2. The van der Waals surface area contributed by atoms with Crippen molar-refractivity contribution >= 4 is 68.1 Å². The summed E-state index contributed by atoms with van der Waals surface area (Å²) in [5.41, 5.74) is 0.944. The maximum absolute atomic E-state index is 12.0. The van der Waals surface area contributed by atoms with Crippen LogP contribution in [-0.4, -0.2) is 11.0 Å². The number of halogens is 3. The predicted octanol–water partition coefficient (Wildman–Crippen LogP) is 4.88. The van der Waals surface area contributed by atoms with Crippen LogP contribution in [0, 0.1) is 0 Å². The summed E-state index contributed by atoms with van der Waals surface area (Å²) in [5.74, 6) is -0.322. The lowest BCUT2D eigenvalue weighted by Crippen LogP contribution is -2.34. The van der Waals surface area contributed by atoms with Crippen molar-refractivity contribution in [1.82, 2.24) is 5.32 Å². The van der Waals surface area contributed by atoms with Gasteiger partial charge in [0.15, 0.2) is 5.11 Å². The van der Waals surface area contributed by atoms with Gasteiger partial charge >= 0.3 is 0 Å². The summed E-state index contributed by atoms with van der Waals surface area (Å²) in [5, 5.41) is 6.34. The summed E-state index contributed by atoms with van der Waals surface area (Å²) in [6.07, 6.45) is 0. The number of carbonyl (C=O) groups is 1. The Morgan fingerprint density at radius 3 is 2.33 bits per heavy atom. The quantitative estimate of drug-likeness (QED) is 0.702. The van der Waals surface area contributed by atoms with Gasteiger partial charge in [-0.1, -0.05) is 51.3 Å². The van der Waals surface area contributed by atoms with E-state index in [-0.39, 0.29) is 11.0 Å². The van der Waals surface area contributed by atoms with Crippen molar-refractivity contribution in [2.75, 3.05) is 5.32 Å². The second-order valence-corrected chi connectivity index (χ2v) is 6.15. The molecule has 0 aliphatic rings. The van der Waals surface area contributed by atoms with Crippen LogP contribution in [-0.2, 0) is 0 Å². The molecule has 21 heavy (non-hydrogen) atoms. The second-order valence-electron chi connectivity index (χ2n) is 4.02. The summed E-state index contributed by atoms with van der Waals surface area (Å²) < 4.78 is 0.808. The number of anilines is 1. The predicted molar refractivity (Wildman–Crippen MR) is 94.3 cm³/mol. The van der Waals surface area contributed by atoms with Gasteiger partial charge in [-0.2, -0.15) is 0 Å². The first kappa shape index (κ1) is 16.2. The Bertz CT molecular complexity index is 689. The highest BCUT2D eigenvalue weighted by molar-refractivity contribution is 9.10. The highest BCUT2D eigenvalue weighted by atomic mass is 79.9. The molecule has 0 spiro atoms. The molecule has 2 N–H and O–H groups in total. The first-order chi connectivity index (χ1) is 9.97. The molecule has 2 aromatic carbocycles. The summed E-state index contributed by atoms with van der Waals surface area (Å²) in [6.45, 7) is 0. The zero-order chi connectivity index (χ0) is 15.4. The number of hydrogen-bond acceptors (Lipinski definition) is 2. The van der Waals surface area contributed by atoms with Crippen molar-refractivity contribution < 1.29 is 4.79 Å². The van der Waals surface area contributed by atoms with Crippen LogP contribution in [0.3, 0.4) is 0 Å². The van der Waals surface area contributed by atoms with Gasteiger partial charge in [0.1, 0.15) is 0 Å². The lowest BCUT2D eigenvalue weighted by Gasteiger charge is -2.12. The molecule has 0 radical (unpaired) electrons. The Hall–Kier alpha value is -1.14. The lowest BCUT2D eigenvalue weighted by atomic mass is 10.2. The molecule has 3 nitrogen and oxygen atoms in total. The van der Waals surface area contributed by atoms with Gasteiger partial charge < -0.3 is 5.32 Å². The molecule has 2 rings (SSSR count). The number of rotatable bonds is 2. The zero-order valence-electron chi connectivity index (χ0n) is 10.5.